The Labute approximate surface area is 118 Å². The minimum Gasteiger partial charge on any atom is -0.475 e. The van der Waals surface area contributed by atoms with Crippen LogP contribution >= 0.6 is 11.6 Å². The lowest BCUT2D eigenvalue weighted by Crippen LogP contribution is -2.23. The molecule has 1 heterocycles. The normalized spacial score (nSPS) is 10.3. The minimum absolute atomic E-state index is 0.00307. The SMILES string of the molecule is O=C(O)c1ccc(CNC(=O)c2cccc(F)c2Cl)o1. The number of carbonyl (C=O) groups excluding carboxylic acids is 1. The van der Waals surface area contributed by atoms with Gasteiger partial charge in [-0.15, -0.1) is 0 Å². The van der Waals surface area contributed by atoms with Crippen molar-refractivity contribution in [1.82, 2.24) is 5.32 Å². The largest absolute Gasteiger partial charge is 0.475 e. The highest BCUT2D eigenvalue weighted by Crippen LogP contribution is 2.19. The lowest BCUT2D eigenvalue weighted by Gasteiger charge is -2.05. The summed E-state index contributed by atoms with van der Waals surface area (Å²) in [6.45, 7) is -0.0288. The standard InChI is InChI=1S/C13H9ClFNO4/c14-11-8(2-1-3-9(11)15)12(17)16-6-7-4-5-10(20-7)13(18)19/h1-5H,6H2,(H,16,17)(H,18,19). The number of aromatic carboxylic acids is 1. The Kier molecular flexibility index (Phi) is 4.05. The van der Waals surface area contributed by atoms with E-state index in [2.05, 4.69) is 5.32 Å². The van der Waals surface area contributed by atoms with Crippen LogP contribution in [0.15, 0.2) is 34.7 Å². The molecular weight excluding hydrogens is 289 g/mol. The van der Waals surface area contributed by atoms with Gasteiger partial charge in [-0.05, 0) is 24.3 Å². The molecule has 20 heavy (non-hydrogen) atoms. The molecule has 1 aromatic carbocycles. The molecule has 0 atom stereocenters. The Bertz CT molecular complexity index is 668. The molecule has 0 spiro atoms. The Hall–Kier alpha value is -2.34. The Morgan fingerprint density at radius 3 is 2.70 bits per heavy atom. The van der Waals surface area contributed by atoms with Crippen LogP contribution < -0.4 is 5.32 Å². The van der Waals surface area contributed by atoms with Crippen molar-refractivity contribution in [2.75, 3.05) is 0 Å². The molecule has 0 radical (unpaired) electrons. The van der Waals surface area contributed by atoms with E-state index in [-0.39, 0.29) is 28.7 Å². The number of carboxylic acid groups (broad SMARTS) is 1. The van der Waals surface area contributed by atoms with Crippen molar-refractivity contribution in [1.29, 1.82) is 0 Å². The number of nitrogens with one attached hydrogen (secondary N) is 1. The molecule has 0 unspecified atom stereocenters. The third-order valence-electron chi connectivity index (χ3n) is 2.49. The summed E-state index contributed by atoms with van der Waals surface area (Å²) in [7, 11) is 0. The Morgan fingerprint density at radius 1 is 1.30 bits per heavy atom. The van der Waals surface area contributed by atoms with E-state index in [1.807, 2.05) is 0 Å². The number of hydrogen-bond donors (Lipinski definition) is 2. The number of carboxylic acids is 1. The van der Waals surface area contributed by atoms with E-state index in [0.717, 1.165) is 6.07 Å². The highest BCUT2D eigenvalue weighted by atomic mass is 35.5. The van der Waals surface area contributed by atoms with Crippen LogP contribution in [-0.2, 0) is 6.54 Å². The van der Waals surface area contributed by atoms with Crippen molar-refractivity contribution < 1.29 is 23.5 Å². The second kappa shape index (κ2) is 5.75. The maximum absolute atomic E-state index is 13.2. The average molecular weight is 298 g/mol. The monoisotopic (exact) mass is 297 g/mol. The molecule has 104 valence electrons. The Balaban J connectivity index is 2.05. The van der Waals surface area contributed by atoms with Gasteiger partial charge in [0.25, 0.3) is 5.91 Å². The average Bonchev–Trinajstić information content (AvgIpc) is 2.88. The number of hydrogen-bond acceptors (Lipinski definition) is 3. The predicted molar refractivity (Wildman–Crippen MR) is 68.2 cm³/mol. The van der Waals surface area contributed by atoms with E-state index < -0.39 is 17.7 Å². The van der Waals surface area contributed by atoms with Gasteiger partial charge in [0, 0.05) is 0 Å². The molecule has 0 bridgehead atoms. The van der Waals surface area contributed by atoms with E-state index >= 15 is 0 Å². The molecule has 7 heteroatoms. The number of carbonyl (C=O) groups is 2. The molecule has 1 amide bonds. The summed E-state index contributed by atoms with van der Waals surface area (Å²) in [5, 5.41) is 10.9. The van der Waals surface area contributed by atoms with Gasteiger partial charge in [-0.25, -0.2) is 9.18 Å². The van der Waals surface area contributed by atoms with Crippen molar-refractivity contribution in [3.63, 3.8) is 0 Å². The second-order valence-corrected chi connectivity index (χ2v) is 4.23. The van der Waals surface area contributed by atoms with Crippen LogP contribution in [0.2, 0.25) is 5.02 Å². The van der Waals surface area contributed by atoms with E-state index in [4.69, 9.17) is 21.1 Å². The van der Waals surface area contributed by atoms with Gasteiger partial charge in [0.2, 0.25) is 5.76 Å². The summed E-state index contributed by atoms with van der Waals surface area (Å²) in [6, 6.07) is 6.60. The molecule has 2 N–H and O–H groups in total. The van der Waals surface area contributed by atoms with Crippen molar-refractivity contribution in [2.45, 2.75) is 6.54 Å². The number of benzene rings is 1. The van der Waals surface area contributed by atoms with Gasteiger partial charge >= 0.3 is 5.97 Å². The van der Waals surface area contributed by atoms with Crippen LogP contribution in [0.25, 0.3) is 0 Å². The maximum atomic E-state index is 13.2. The molecule has 2 aromatic rings. The van der Waals surface area contributed by atoms with Gasteiger partial charge in [-0.1, -0.05) is 17.7 Å². The van der Waals surface area contributed by atoms with Crippen LogP contribution in [0.4, 0.5) is 4.39 Å². The zero-order valence-corrected chi connectivity index (χ0v) is 10.8. The number of halogens is 2. The molecule has 2 rings (SSSR count). The lowest BCUT2D eigenvalue weighted by molar-refractivity contribution is 0.0660. The quantitative estimate of drug-likeness (QED) is 0.909. The van der Waals surface area contributed by atoms with Crippen LogP contribution in [0.5, 0.6) is 0 Å². The predicted octanol–water partition coefficient (Wildman–Crippen LogP) is 2.70. The third kappa shape index (κ3) is 2.97. The molecule has 0 aliphatic carbocycles. The van der Waals surface area contributed by atoms with E-state index in [9.17, 15) is 14.0 Å². The summed E-state index contributed by atoms with van der Waals surface area (Å²) in [5.74, 6) is -2.43. The number of rotatable bonds is 4. The smallest absolute Gasteiger partial charge is 0.371 e. The zero-order chi connectivity index (χ0) is 14.7. The Morgan fingerprint density at radius 2 is 2.05 bits per heavy atom. The van der Waals surface area contributed by atoms with E-state index in [1.165, 1.54) is 24.3 Å². The first-order chi connectivity index (χ1) is 9.49. The molecule has 0 aliphatic rings. The fraction of sp³-hybridized carbons (Fsp3) is 0.0769. The first kappa shape index (κ1) is 14.1. The summed E-state index contributed by atoms with van der Waals surface area (Å²) >= 11 is 5.68. The fourth-order valence-electron chi connectivity index (χ4n) is 1.53. The van der Waals surface area contributed by atoms with Crippen molar-refractivity contribution in [3.8, 4) is 0 Å². The number of furan rings is 1. The number of amides is 1. The third-order valence-corrected chi connectivity index (χ3v) is 2.88. The van der Waals surface area contributed by atoms with Crippen LogP contribution in [0.3, 0.4) is 0 Å². The maximum Gasteiger partial charge on any atom is 0.371 e. The highest BCUT2D eigenvalue weighted by molar-refractivity contribution is 6.34. The van der Waals surface area contributed by atoms with Crippen molar-refractivity contribution in [2.24, 2.45) is 0 Å². The first-order valence-corrected chi connectivity index (χ1v) is 5.91. The molecule has 5 nitrogen and oxygen atoms in total. The minimum atomic E-state index is -1.20. The molecular formula is C13H9ClFNO4. The second-order valence-electron chi connectivity index (χ2n) is 3.86. The fourth-order valence-corrected chi connectivity index (χ4v) is 1.74. The molecule has 0 aliphatic heterocycles. The van der Waals surface area contributed by atoms with Gasteiger partial charge in [-0.3, -0.25) is 4.79 Å². The van der Waals surface area contributed by atoms with Gasteiger partial charge < -0.3 is 14.8 Å². The van der Waals surface area contributed by atoms with Gasteiger partial charge in [0.05, 0.1) is 17.1 Å². The first-order valence-electron chi connectivity index (χ1n) is 5.53. The summed E-state index contributed by atoms with van der Waals surface area (Å²) in [6.07, 6.45) is 0. The van der Waals surface area contributed by atoms with E-state index in [0.29, 0.717) is 0 Å². The van der Waals surface area contributed by atoms with Crippen LogP contribution in [0.1, 0.15) is 26.7 Å². The molecule has 0 saturated carbocycles. The van der Waals surface area contributed by atoms with Crippen LogP contribution in [0, 0.1) is 5.82 Å². The molecule has 0 fully saturated rings. The van der Waals surface area contributed by atoms with Gasteiger partial charge in [-0.2, -0.15) is 0 Å². The van der Waals surface area contributed by atoms with Crippen LogP contribution in [-0.4, -0.2) is 17.0 Å². The highest BCUT2D eigenvalue weighted by Gasteiger charge is 2.14. The summed E-state index contributed by atoms with van der Waals surface area (Å²) < 4.78 is 18.2. The molecule has 1 aromatic heterocycles. The zero-order valence-electron chi connectivity index (χ0n) is 10.0. The van der Waals surface area contributed by atoms with Gasteiger partial charge in [0.15, 0.2) is 0 Å². The van der Waals surface area contributed by atoms with Gasteiger partial charge in [0.1, 0.15) is 11.6 Å². The summed E-state index contributed by atoms with van der Waals surface area (Å²) in [5.41, 5.74) is -0.00307. The van der Waals surface area contributed by atoms with Crippen molar-refractivity contribution >= 4 is 23.5 Å². The van der Waals surface area contributed by atoms with E-state index in [1.54, 1.807) is 0 Å². The topological polar surface area (TPSA) is 79.5 Å². The summed E-state index contributed by atoms with van der Waals surface area (Å²) in [4.78, 5) is 22.4. The molecule has 0 saturated heterocycles. The van der Waals surface area contributed by atoms with Crippen molar-refractivity contribution in [3.05, 3.63) is 58.3 Å². The lowest BCUT2D eigenvalue weighted by atomic mass is 10.2.